The summed E-state index contributed by atoms with van der Waals surface area (Å²) in [5.41, 5.74) is 7.48. The molecule has 5 heteroatoms. The molecule has 2 rings (SSSR count). The van der Waals surface area contributed by atoms with Crippen LogP contribution in [-0.4, -0.2) is 23.9 Å². The Balaban J connectivity index is 2.43. The average Bonchev–Trinajstić information content (AvgIpc) is 2.28. The molecule has 3 N–H and O–H groups in total. The van der Waals surface area contributed by atoms with Crippen LogP contribution in [0.4, 0.5) is 11.4 Å². The van der Waals surface area contributed by atoms with E-state index in [1.54, 1.807) is 24.8 Å². The van der Waals surface area contributed by atoms with Crippen LogP contribution in [-0.2, 0) is 9.59 Å². The van der Waals surface area contributed by atoms with Crippen LogP contribution in [0.25, 0.3) is 0 Å². The number of hydrogen-bond donors (Lipinski definition) is 2. The highest BCUT2D eigenvalue weighted by Crippen LogP contribution is 2.28. The smallest absolute Gasteiger partial charge is 0.251 e. The first-order valence-corrected chi connectivity index (χ1v) is 5.80. The van der Waals surface area contributed by atoms with Crippen LogP contribution >= 0.6 is 0 Å². The number of hydrogen-bond acceptors (Lipinski definition) is 4. The predicted molar refractivity (Wildman–Crippen MR) is 70.2 cm³/mol. The topological polar surface area (TPSA) is 75.4 Å². The molecule has 0 spiro atoms. The molecule has 1 heterocycles. The fourth-order valence-electron chi connectivity index (χ4n) is 2.02. The second-order valence-electron chi connectivity index (χ2n) is 5.06. The fourth-order valence-corrected chi connectivity index (χ4v) is 2.02. The summed E-state index contributed by atoms with van der Waals surface area (Å²) < 4.78 is 0. The van der Waals surface area contributed by atoms with Crippen LogP contribution in [0.1, 0.15) is 19.4 Å². The second-order valence-corrected chi connectivity index (χ2v) is 5.06. The quantitative estimate of drug-likeness (QED) is 0.569. The summed E-state index contributed by atoms with van der Waals surface area (Å²) in [5.74, 6) is -0.568. The first-order chi connectivity index (χ1) is 8.32. The van der Waals surface area contributed by atoms with Crippen molar-refractivity contribution in [1.82, 2.24) is 5.32 Å². The molecule has 0 aromatic heterocycles. The van der Waals surface area contributed by atoms with Gasteiger partial charge < -0.3 is 10.6 Å². The highest BCUT2D eigenvalue weighted by Gasteiger charge is 2.40. The lowest BCUT2D eigenvalue weighted by atomic mass is 9.97. The normalized spacial score (nSPS) is 18.7. The minimum Gasteiger partial charge on any atom is -0.399 e. The van der Waals surface area contributed by atoms with E-state index < -0.39 is 5.54 Å². The number of carbonyl (C=O) groups excluding carboxylic acids is 2. The van der Waals surface area contributed by atoms with Gasteiger partial charge in [0.1, 0.15) is 5.54 Å². The molecule has 1 aromatic carbocycles. The van der Waals surface area contributed by atoms with E-state index >= 15 is 0 Å². The van der Waals surface area contributed by atoms with Crippen LogP contribution in [0.5, 0.6) is 0 Å². The number of nitrogens with zero attached hydrogens (tertiary/aromatic N) is 1. The molecule has 1 saturated heterocycles. The van der Waals surface area contributed by atoms with Gasteiger partial charge in [-0.15, -0.1) is 0 Å². The van der Waals surface area contributed by atoms with Gasteiger partial charge in [-0.3, -0.25) is 14.9 Å². The number of nitrogens with two attached hydrogens (primary N) is 1. The largest absolute Gasteiger partial charge is 0.399 e. The van der Waals surface area contributed by atoms with Crippen molar-refractivity contribution < 1.29 is 9.59 Å². The maximum Gasteiger partial charge on any atom is 0.251 e. The van der Waals surface area contributed by atoms with Gasteiger partial charge in [-0.25, -0.2) is 0 Å². The highest BCUT2D eigenvalue weighted by molar-refractivity contribution is 6.06. The molecule has 1 fully saturated rings. The molecular weight excluding hydrogens is 230 g/mol. The maximum atomic E-state index is 11.9. The monoisotopic (exact) mass is 247 g/mol. The van der Waals surface area contributed by atoms with Crippen LogP contribution in [0.3, 0.4) is 0 Å². The number of aryl methyl sites for hydroxylation is 1. The summed E-state index contributed by atoms with van der Waals surface area (Å²) in [4.78, 5) is 25.2. The molecule has 0 atom stereocenters. The summed E-state index contributed by atoms with van der Waals surface area (Å²) in [7, 11) is 0. The minimum atomic E-state index is -0.754. The third-order valence-electron chi connectivity index (χ3n) is 3.35. The first-order valence-electron chi connectivity index (χ1n) is 5.80. The highest BCUT2D eigenvalue weighted by atomic mass is 16.2. The van der Waals surface area contributed by atoms with Gasteiger partial charge in [-0.1, -0.05) is 0 Å². The van der Waals surface area contributed by atoms with Crippen molar-refractivity contribution in [3.8, 4) is 0 Å². The molecular formula is C13H17N3O2. The number of nitrogens with one attached hydrogen (secondary N) is 1. The standard InChI is InChI=1S/C13H17N3O2/c1-8-6-9(4-5-10(8)14)16-7-11(17)15-12(18)13(16,2)3/h4-6H,7,14H2,1-3H3,(H,15,17,18). The zero-order chi connectivity index (χ0) is 13.5. The molecule has 0 aliphatic carbocycles. The van der Waals surface area contributed by atoms with Gasteiger partial charge in [0.2, 0.25) is 5.91 Å². The molecule has 5 nitrogen and oxygen atoms in total. The summed E-state index contributed by atoms with van der Waals surface area (Å²) in [6.07, 6.45) is 0. The van der Waals surface area contributed by atoms with Crippen molar-refractivity contribution in [2.24, 2.45) is 0 Å². The Morgan fingerprint density at radius 3 is 2.61 bits per heavy atom. The molecule has 1 aromatic rings. The lowest BCUT2D eigenvalue weighted by Crippen LogP contribution is -2.64. The number of imide groups is 1. The molecule has 0 bridgehead atoms. The second kappa shape index (κ2) is 4.01. The molecule has 2 amide bonds. The SMILES string of the molecule is Cc1cc(N2CC(=O)NC(=O)C2(C)C)ccc1N. The van der Waals surface area contributed by atoms with E-state index in [2.05, 4.69) is 5.32 Å². The van der Waals surface area contributed by atoms with Crippen molar-refractivity contribution in [3.05, 3.63) is 23.8 Å². The van der Waals surface area contributed by atoms with Crippen molar-refractivity contribution in [2.75, 3.05) is 17.2 Å². The van der Waals surface area contributed by atoms with Gasteiger partial charge in [0.25, 0.3) is 5.91 Å². The third-order valence-corrected chi connectivity index (χ3v) is 3.35. The van der Waals surface area contributed by atoms with Crippen LogP contribution in [0.2, 0.25) is 0 Å². The van der Waals surface area contributed by atoms with Crippen LogP contribution < -0.4 is 16.0 Å². The lowest BCUT2D eigenvalue weighted by Gasteiger charge is -2.41. The Bertz CT molecular complexity index is 523. The van der Waals surface area contributed by atoms with Gasteiger partial charge in [0.15, 0.2) is 0 Å². The zero-order valence-electron chi connectivity index (χ0n) is 10.8. The Kier molecular flexibility index (Phi) is 2.77. The minimum absolute atomic E-state index is 0.169. The van der Waals surface area contributed by atoms with E-state index in [9.17, 15) is 9.59 Å². The average molecular weight is 247 g/mol. The van der Waals surface area contributed by atoms with Crippen molar-refractivity contribution >= 4 is 23.2 Å². The Morgan fingerprint density at radius 2 is 2.00 bits per heavy atom. The number of carbonyl (C=O) groups is 2. The van der Waals surface area contributed by atoms with E-state index in [1.165, 1.54) is 0 Å². The summed E-state index contributed by atoms with van der Waals surface area (Å²) >= 11 is 0. The zero-order valence-corrected chi connectivity index (χ0v) is 10.8. The lowest BCUT2D eigenvalue weighted by molar-refractivity contribution is -0.135. The Labute approximate surface area is 106 Å². The molecule has 1 aliphatic rings. The molecule has 0 unspecified atom stereocenters. The van der Waals surface area contributed by atoms with Crippen molar-refractivity contribution in [3.63, 3.8) is 0 Å². The van der Waals surface area contributed by atoms with Crippen molar-refractivity contribution in [2.45, 2.75) is 26.3 Å². The molecule has 0 saturated carbocycles. The van der Waals surface area contributed by atoms with E-state index in [0.29, 0.717) is 5.69 Å². The number of benzene rings is 1. The number of rotatable bonds is 1. The third kappa shape index (κ3) is 1.92. The first kappa shape index (κ1) is 12.4. The van der Waals surface area contributed by atoms with Gasteiger partial charge in [0.05, 0.1) is 6.54 Å². The van der Waals surface area contributed by atoms with Crippen LogP contribution in [0.15, 0.2) is 18.2 Å². The van der Waals surface area contributed by atoms with Crippen LogP contribution in [0, 0.1) is 6.92 Å². The molecule has 18 heavy (non-hydrogen) atoms. The number of nitrogen functional groups attached to an aromatic ring is 1. The predicted octanol–water partition coefficient (Wildman–Crippen LogP) is 0.819. The van der Waals surface area contributed by atoms with E-state index in [1.807, 2.05) is 19.1 Å². The summed E-state index contributed by atoms with van der Waals surface area (Å²) in [6, 6.07) is 5.51. The van der Waals surface area contributed by atoms with Crippen molar-refractivity contribution in [1.29, 1.82) is 0 Å². The number of amides is 2. The van der Waals surface area contributed by atoms with E-state index in [4.69, 9.17) is 5.73 Å². The number of anilines is 2. The Morgan fingerprint density at radius 1 is 1.33 bits per heavy atom. The van der Waals surface area contributed by atoms with Gasteiger partial charge in [0, 0.05) is 11.4 Å². The van der Waals surface area contributed by atoms with E-state index in [0.717, 1.165) is 11.3 Å². The Hall–Kier alpha value is -2.04. The number of piperazine rings is 1. The van der Waals surface area contributed by atoms with Gasteiger partial charge in [-0.05, 0) is 44.5 Å². The summed E-state index contributed by atoms with van der Waals surface area (Å²) in [6.45, 7) is 5.65. The molecule has 96 valence electrons. The molecule has 0 radical (unpaired) electrons. The summed E-state index contributed by atoms with van der Waals surface area (Å²) in [5, 5.41) is 2.35. The molecule has 1 aliphatic heterocycles. The van der Waals surface area contributed by atoms with Gasteiger partial charge >= 0.3 is 0 Å². The van der Waals surface area contributed by atoms with E-state index in [-0.39, 0.29) is 18.4 Å². The van der Waals surface area contributed by atoms with Gasteiger partial charge in [-0.2, -0.15) is 0 Å². The fraction of sp³-hybridized carbons (Fsp3) is 0.385. The maximum absolute atomic E-state index is 11.9.